The molecule has 21 heavy (non-hydrogen) atoms. The van der Waals surface area contributed by atoms with Crippen LogP contribution in [0.5, 0.6) is 0 Å². The maximum atomic E-state index is 12.1. The number of nitrogens with two attached hydrogens (primary N) is 1. The second-order valence-corrected chi connectivity index (χ2v) is 8.18. The molecule has 0 spiro atoms. The highest BCUT2D eigenvalue weighted by Gasteiger charge is 2.32. The SMILES string of the molecule is Cc1nc2cc(N3CC(CS(N)(=O)=O)CC3=O)ccc2s1. The molecular formula is C13H15N3O3S2. The van der Waals surface area contributed by atoms with Crippen molar-refractivity contribution in [1.29, 1.82) is 0 Å². The van der Waals surface area contributed by atoms with Crippen molar-refractivity contribution in [3.63, 3.8) is 0 Å². The molecule has 1 saturated heterocycles. The molecule has 1 fully saturated rings. The predicted octanol–water partition coefficient (Wildman–Crippen LogP) is 1.25. The number of nitrogens with zero attached hydrogens (tertiary/aromatic N) is 2. The average molecular weight is 325 g/mol. The molecule has 1 unspecified atom stereocenters. The summed E-state index contributed by atoms with van der Waals surface area (Å²) in [5.74, 6) is -0.483. The summed E-state index contributed by atoms with van der Waals surface area (Å²) in [5.41, 5.74) is 1.62. The monoisotopic (exact) mass is 325 g/mol. The van der Waals surface area contributed by atoms with Gasteiger partial charge in [-0.15, -0.1) is 11.3 Å². The van der Waals surface area contributed by atoms with Crippen LogP contribution in [-0.4, -0.2) is 31.6 Å². The second-order valence-electron chi connectivity index (χ2n) is 5.29. The van der Waals surface area contributed by atoms with Gasteiger partial charge in [-0.05, 0) is 25.1 Å². The molecule has 3 rings (SSSR count). The third kappa shape index (κ3) is 3.07. The van der Waals surface area contributed by atoms with Crippen molar-refractivity contribution >= 4 is 43.2 Å². The normalized spacial score (nSPS) is 19.6. The van der Waals surface area contributed by atoms with Crippen molar-refractivity contribution in [1.82, 2.24) is 4.98 Å². The molecule has 1 aliphatic heterocycles. The number of fused-ring (bicyclic) bond motifs is 1. The van der Waals surface area contributed by atoms with E-state index in [1.54, 1.807) is 16.2 Å². The average Bonchev–Trinajstić information content (AvgIpc) is 2.88. The molecule has 1 aromatic heterocycles. The summed E-state index contributed by atoms with van der Waals surface area (Å²) < 4.78 is 23.4. The molecule has 0 aliphatic carbocycles. The number of aromatic nitrogens is 1. The van der Waals surface area contributed by atoms with E-state index in [1.807, 2.05) is 25.1 Å². The second kappa shape index (κ2) is 5.04. The van der Waals surface area contributed by atoms with Crippen LogP contribution in [0.25, 0.3) is 10.2 Å². The highest BCUT2D eigenvalue weighted by atomic mass is 32.2. The van der Waals surface area contributed by atoms with E-state index in [1.165, 1.54) is 0 Å². The topological polar surface area (TPSA) is 93.4 Å². The molecule has 2 heterocycles. The van der Waals surface area contributed by atoms with E-state index in [9.17, 15) is 13.2 Å². The van der Waals surface area contributed by atoms with Crippen molar-refractivity contribution < 1.29 is 13.2 Å². The molecular weight excluding hydrogens is 310 g/mol. The summed E-state index contributed by atoms with van der Waals surface area (Å²) in [7, 11) is -3.56. The third-order valence-electron chi connectivity index (χ3n) is 3.46. The molecule has 1 amide bonds. The Labute approximate surface area is 126 Å². The van der Waals surface area contributed by atoms with Crippen LogP contribution in [0.15, 0.2) is 18.2 Å². The van der Waals surface area contributed by atoms with Gasteiger partial charge < -0.3 is 4.90 Å². The lowest BCUT2D eigenvalue weighted by atomic mass is 10.1. The number of carbonyl (C=O) groups is 1. The third-order valence-corrected chi connectivity index (χ3v) is 5.35. The fourth-order valence-corrected chi connectivity index (χ4v) is 4.36. The zero-order valence-electron chi connectivity index (χ0n) is 11.4. The number of aryl methyl sites for hydroxylation is 1. The quantitative estimate of drug-likeness (QED) is 0.919. The molecule has 1 aliphatic rings. The number of thiazole rings is 1. The Morgan fingerprint density at radius 2 is 2.24 bits per heavy atom. The van der Waals surface area contributed by atoms with Crippen LogP contribution >= 0.6 is 11.3 Å². The molecule has 6 nitrogen and oxygen atoms in total. The largest absolute Gasteiger partial charge is 0.312 e. The van der Waals surface area contributed by atoms with E-state index in [-0.39, 0.29) is 24.0 Å². The van der Waals surface area contributed by atoms with E-state index < -0.39 is 10.0 Å². The van der Waals surface area contributed by atoms with Crippen molar-refractivity contribution in [2.75, 3.05) is 17.2 Å². The van der Waals surface area contributed by atoms with Gasteiger partial charge in [-0.25, -0.2) is 18.5 Å². The van der Waals surface area contributed by atoms with Crippen LogP contribution in [0.4, 0.5) is 5.69 Å². The Kier molecular flexibility index (Phi) is 3.46. The van der Waals surface area contributed by atoms with Gasteiger partial charge in [0, 0.05) is 24.6 Å². The van der Waals surface area contributed by atoms with Gasteiger partial charge in [0.25, 0.3) is 0 Å². The first kappa shape index (κ1) is 14.4. The number of carbonyl (C=O) groups excluding carboxylic acids is 1. The highest BCUT2D eigenvalue weighted by Crippen LogP contribution is 2.30. The molecule has 0 bridgehead atoms. The van der Waals surface area contributed by atoms with Gasteiger partial charge >= 0.3 is 0 Å². The molecule has 1 aromatic carbocycles. The molecule has 0 saturated carbocycles. The fraction of sp³-hybridized carbons (Fsp3) is 0.385. The van der Waals surface area contributed by atoms with Crippen LogP contribution < -0.4 is 10.0 Å². The van der Waals surface area contributed by atoms with Crippen molar-refractivity contribution in [2.45, 2.75) is 13.3 Å². The minimum Gasteiger partial charge on any atom is -0.312 e. The standard InChI is InChI=1S/C13H15N3O3S2/c1-8-15-11-5-10(2-3-12(11)20-8)16-6-9(4-13(16)17)7-21(14,18)19/h2-3,5,9H,4,6-7H2,1H3,(H2,14,18,19). The van der Waals surface area contributed by atoms with Crippen molar-refractivity contribution in [3.05, 3.63) is 23.2 Å². The molecule has 0 radical (unpaired) electrons. The number of primary sulfonamides is 1. The number of hydrogen-bond acceptors (Lipinski definition) is 5. The zero-order chi connectivity index (χ0) is 15.2. The molecule has 2 aromatic rings. The Bertz CT molecular complexity index is 813. The van der Waals surface area contributed by atoms with E-state index in [4.69, 9.17) is 5.14 Å². The first-order valence-electron chi connectivity index (χ1n) is 6.50. The first-order valence-corrected chi connectivity index (χ1v) is 9.03. The van der Waals surface area contributed by atoms with E-state index in [0.29, 0.717) is 6.54 Å². The van der Waals surface area contributed by atoms with Crippen LogP contribution in [0.3, 0.4) is 0 Å². The van der Waals surface area contributed by atoms with Crippen LogP contribution in [0.1, 0.15) is 11.4 Å². The van der Waals surface area contributed by atoms with Gasteiger partial charge in [0.1, 0.15) is 0 Å². The Morgan fingerprint density at radius 3 is 2.95 bits per heavy atom. The van der Waals surface area contributed by atoms with Gasteiger partial charge in [0.2, 0.25) is 15.9 Å². The number of anilines is 1. The van der Waals surface area contributed by atoms with Crippen LogP contribution in [-0.2, 0) is 14.8 Å². The highest BCUT2D eigenvalue weighted by molar-refractivity contribution is 7.89. The Morgan fingerprint density at radius 1 is 1.48 bits per heavy atom. The lowest BCUT2D eigenvalue weighted by molar-refractivity contribution is -0.117. The minimum absolute atomic E-state index is 0.0741. The number of sulfonamides is 1. The van der Waals surface area contributed by atoms with Gasteiger partial charge in [-0.3, -0.25) is 4.79 Å². The maximum absolute atomic E-state index is 12.1. The Balaban J connectivity index is 1.86. The lowest BCUT2D eigenvalue weighted by Gasteiger charge is -2.16. The number of benzene rings is 1. The minimum atomic E-state index is -3.56. The van der Waals surface area contributed by atoms with Gasteiger partial charge in [-0.2, -0.15) is 0 Å². The summed E-state index contributed by atoms with van der Waals surface area (Å²) >= 11 is 1.60. The summed E-state index contributed by atoms with van der Waals surface area (Å²) in [6.45, 7) is 2.32. The Hall–Kier alpha value is -1.51. The maximum Gasteiger partial charge on any atom is 0.227 e. The lowest BCUT2D eigenvalue weighted by Crippen LogP contribution is -2.27. The van der Waals surface area contributed by atoms with Crippen LogP contribution in [0.2, 0.25) is 0 Å². The predicted molar refractivity (Wildman–Crippen MR) is 82.8 cm³/mol. The first-order chi connectivity index (χ1) is 9.82. The number of rotatable bonds is 3. The van der Waals surface area contributed by atoms with E-state index in [2.05, 4.69) is 4.98 Å². The summed E-state index contributed by atoms with van der Waals surface area (Å²) in [4.78, 5) is 18.1. The summed E-state index contributed by atoms with van der Waals surface area (Å²) in [5, 5.41) is 6.03. The molecule has 2 N–H and O–H groups in total. The fourth-order valence-electron chi connectivity index (χ4n) is 2.67. The van der Waals surface area contributed by atoms with Gasteiger partial charge in [0.15, 0.2) is 0 Å². The zero-order valence-corrected chi connectivity index (χ0v) is 13.1. The number of amides is 1. The van der Waals surface area contributed by atoms with Crippen LogP contribution in [0, 0.1) is 12.8 Å². The van der Waals surface area contributed by atoms with Gasteiger partial charge in [-0.1, -0.05) is 0 Å². The van der Waals surface area contributed by atoms with E-state index >= 15 is 0 Å². The molecule has 1 atom stereocenters. The molecule has 8 heteroatoms. The summed E-state index contributed by atoms with van der Waals surface area (Å²) in [6, 6.07) is 5.68. The van der Waals surface area contributed by atoms with Crippen molar-refractivity contribution in [3.8, 4) is 0 Å². The van der Waals surface area contributed by atoms with Gasteiger partial charge in [0.05, 0.1) is 21.0 Å². The van der Waals surface area contributed by atoms with Crippen molar-refractivity contribution in [2.24, 2.45) is 11.1 Å². The molecule has 112 valence electrons. The van der Waals surface area contributed by atoms with E-state index in [0.717, 1.165) is 20.9 Å². The smallest absolute Gasteiger partial charge is 0.227 e. The number of hydrogen-bond donors (Lipinski definition) is 1. The summed E-state index contributed by atoms with van der Waals surface area (Å²) in [6.07, 6.45) is 0.213.